The lowest BCUT2D eigenvalue weighted by Crippen LogP contribution is -2.35. The molecule has 1 atom stereocenters. The number of carbonyl (C=O) groups is 3. The molecule has 1 aliphatic carbocycles. The van der Waals surface area contributed by atoms with E-state index in [4.69, 9.17) is 15.9 Å². The Labute approximate surface area is 153 Å². The van der Waals surface area contributed by atoms with Gasteiger partial charge in [0.15, 0.2) is 0 Å². The van der Waals surface area contributed by atoms with Crippen LogP contribution < -0.4 is 0 Å². The summed E-state index contributed by atoms with van der Waals surface area (Å²) in [5, 5.41) is 0. The molecule has 0 spiro atoms. The van der Waals surface area contributed by atoms with Crippen LogP contribution in [0, 0.1) is 12.3 Å². The Hall–Kier alpha value is -2.81. The van der Waals surface area contributed by atoms with Crippen molar-refractivity contribution in [2.24, 2.45) is 0 Å². The van der Waals surface area contributed by atoms with Crippen molar-refractivity contribution in [3.63, 3.8) is 0 Å². The van der Waals surface area contributed by atoms with Gasteiger partial charge in [-0.05, 0) is 24.0 Å². The van der Waals surface area contributed by atoms with Crippen molar-refractivity contribution in [1.29, 1.82) is 0 Å². The van der Waals surface area contributed by atoms with Gasteiger partial charge in [-0.15, -0.1) is 6.42 Å². The average molecular weight is 357 g/mol. The Kier molecular flexibility index (Phi) is 7.22. The van der Waals surface area contributed by atoms with Crippen LogP contribution in [0.5, 0.6) is 0 Å². The fourth-order valence-corrected chi connectivity index (χ4v) is 2.98. The molecule has 2 rings (SSSR count). The van der Waals surface area contributed by atoms with E-state index >= 15 is 0 Å². The lowest BCUT2D eigenvalue weighted by molar-refractivity contribution is -0.153. The Balaban J connectivity index is 1.87. The first kappa shape index (κ1) is 19.5. The quantitative estimate of drug-likeness (QED) is 0.406. The predicted octanol–water partition coefficient (Wildman–Crippen LogP) is 3.01. The van der Waals surface area contributed by atoms with Crippen LogP contribution >= 0.6 is 0 Å². The molecule has 0 aliphatic heterocycles. The third-order valence-electron chi connectivity index (χ3n) is 4.38. The lowest BCUT2D eigenvalue weighted by Gasteiger charge is -2.27. The molecule has 0 saturated carbocycles. The second kappa shape index (κ2) is 9.62. The molecule has 6 nitrogen and oxygen atoms in total. The second-order valence-electron chi connectivity index (χ2n) is 6.02. The van der Waals surface area contributed by atoms with Crippen LogP contribution in [0.3, 0.4) is 0 Å². The number of benzene rings is 1. The van der Waals surface area contributed by atoms with E-state index in [9.17, 15) is 14.4 Å². The highest BCUT2D eigenvalue weighted by Crippen LogP contribution is 2.35. The van der Waals surface area contributed by atoms with Gasteiger partial charge in [0, 0.05) is 12.8 Å². The zero-order valence-electron chi connectivity index (χ0n) is 14.9. The number of hydrogen-bond donors (Lipinski definition) is 0. The number of nitrogens with zero attached hydrogens (tertiary/aromatic N) is 1. The molecule has 1 aromatic rings. The standard InChI is InChI=1S/C20H23NO5/c1-3-13-21(18-11-9-15-7-5-6-8-17(15)18)20(24)26-14-25-19(23)12-10-16(22)4-2/h1,5-8,18H,4,9-14H2,2H3/t18-/m1/s1. The number of esters is 1. The number of ether oxygens (including phenoxy) is 2. The Morgan fingerprint density at radius 2 is 2.00 bits per heavy atom. The Bertz CT molecular complexity index is 706. The summed E-state index contributed by atoms with van der Waals surface area (Å²) in [5.74, 6) is 1.89. The minimum absolute atomic E-state index is 0.0148. The molecule has 0 N–H and O–H groups in total. The summed E-state index contributed by atoms with van der Waals surface area (Å²) >= 11 is 0. The first-order valence-electron chi connectivity index (χ1n) is 8.68. The van der Waals surface area contributed by atoms with Crippen LogP contribution in [0.1, 0.15) is 49.8 Å². The zero-order chi connectivity index (χ0) is 18.9. The van der Waals surface area contributed by atoms with Gasteiger partial charge < -0.3 is 9.47 Å². The number of rotatable bonds is 8. The third-order valence-corrected chi connectivity index (χ3v) is 4.38. The smallest absolute Gasteiger partial charge is 0.413 e. The maximum absolute atomic E-state index is 12.4. The number of carbonyl (C=O) groups excluding carboxylic acids is 3. The van der Waals surface area contributed by atoms with Crippen LogP contribution in [0.4, 0.5) is 4.79 Å². The van der Waals surface area contributed by atoms with Gasteiger partial charge >= 0.3 is 12.1 Å². The number of amides is 1. The third kappa shape index (κ3) is 5.09. The van der Waals surface area contributed by atoms with E-state index in [2.05, 4.69) is 5.92 Å². The minimum atomic E-state index is -0.623. The first-order chi connectivity index (χ1) is 12.6. The van der Waals surface area contributed by atoms with E-state index in [0.717, 1.165) is 18.4 Å². The van der Waals surface area contributed by atoms with Crippen LogP contribution in [0.25, 0.3) is 0 Å². The molecule has 1 aliphatic rings. The molecule has 138 valence electrons. The second-order valence-corrected chi connectivity index (χ2v) is 6.02. The summed E-state index contributed by atoms with van der Waals surface area (Å²) in [6.07, 6.45) is 6.91. The van der Waals surface area contributed by atoms with E-state index in [0.29, 0.717) is 6.42 Å². The van der Waals surface area contributed by atoms with E-state index < -0.39 is 18.9 Å². The number of ketones is 1. The van der Waals surface area contributed by atoms with Gasteiger partial charge in [-0.2, -0.15) is 0 Å². The monoisotopic (exact) mass is 357 g/mol. The molecule has 1 amide bonds. The zero-order valence-corrected chi connectivity index (χ0v) is 14.9. The van der Waals surface area contributed by atoms with E-state index in [1.54, 1.807) is 6.92 Å². The van der Waals surface area contributed by atoms with Crippen LogP contribution in [0.15, 0.2) is 24.3 Å². The fraction of sp³-hybridized carbons (Fsp3) is 0.450. The summed E-state index contributed by atoms with van der Waals surface area (Å²) in [6, 6.07) is 7.76. The Morgan fingerprint density at radius 3 is 2.73 bits per heavy atom. The fourth-order valence-electron chi connectivity index (χ4n) is 2.98. The summed E-state index contributed by atoms with van der Waals surface area (Å²) in [7, 11) is 0. The van der Waals surface area contributed by atoms with Gasteiger partial charge in [0.05, 0.1) is 19.0 Å². The van der Waals surface area contributed by atoms with Gasteiger partial charge in [-0.1, -0.05) is 37.1 Å². The first-order valence-corrected chi connectivity index (χ1v) is 8.68. The van der Waals surface area contributed by atoms with Crippen molar-refractivity contribution in [3.8, 4) is 12.3 Å². The van der Waals surface area contributed by atoms with Gasteiger partial charge in [-0.25, -0.2) is 4.79 Å². The molecule has 0 unspecified atom stereocenters. The molecule has 0 saturated heterocycles. The topological polar surface area (TPSA) is 72.9 Å². The van der Waals surface area contributed by atoms with Gasteiger partial charge in [0.1, 0.15) is 5.78 Å². The normalized spacial score (nSPS) is 14.8. The summed E-state index contributed by atoms with van der Waals surface area (Å²) in [5.41, 5.74) is 2.26. The summed E-state index contributed by atoms with van der Waals surface area (Å²) in [6.45, 7) is 1.35. The van der Waals surface area contributed by atoms with E-state index in [1.807, 2.05) is 24.3 Å². The Morgan fingerprint density at radius 1 is 1.23 bits per heavy atom. The van der Waals surface area contributed by atoms with Crippen LogP contribution in [-0.2, 0) is 25.5 Å². The molecule has 0 aromatic heterocycles. The van der Waals surface area contributed by atoms with E-state index in [-0.39, 0.29) is 31.2 Å². The maximum Gasteiger partial charge on any atom is 0.413 e. The molecule has 6 heteroatoms. The highest BCUT2D eigenvalue weighted by molar-refractivity contribution is 5.82. The number of hydrogen-bond acceptors (Lipinski definition) is 5. The van der Waals surface area contributed by atoms with Crippen molar-refractivity contribution in [2.75, 3.05) is 13.3 Å². The van der Waals surface area contributed by atoms with Crippen molar-refractivity contribution in [3.05, 3.63) is 35.4 Å². The minimum Gasteiger partial charge on any atom is -0.428 e. The van der Waals surface area contributed by atoms with Crippen molar-refractivity contribution in [2.45, 2.75) is 45.1 Å². The number of fused-ring (bicyclic) bond motifs is 1. The van der Waals surface area contributed by atoms with Gasteiger partial charge in [0.25, 0.3) is 0 Å². The number of aryl methyl sites for hydroxylation is 1. The van der Waals surface area contributed by atoms with Crippen molar-refractivity contribution in [1.82, 2.24) is 4.90 Å². The van der Waals surface area contributed by atoms with Gasteiger partial charge in [0.2, 0.25) is 6.79 Å². The van der Waals surface area contributed by atoms with Crippen molar-refractivity contribution < 1.29 is 23.9 Å². The summed E-state index contributed by atoms with van der Waals surface area (Å²) < 4.78 is 9.91. The molecule has 0 radical (unpaired) electrons. The molecule has 0 bridgehead atoms. The largest absolute Gasteiger partial charge is 0.428 e. The molecule has 1 aromatic carbocycles. The maximum atomic E-state index is 12.4. The number of terminal acetylenes is 1. The molecule has 26 heavy (non-hydrogen) atoms. The van der Waals surface area contributed by atoms with Crippen LogP contribution in [0.2, 0.25) is 0 Å². The van der Waals surface area contributed by atoms with Crippen LogP contribution in [-0.4, -0.2) is 36.1 Å². The molecular weight excluding hydrogens is 334 g/mol. The highest BCUT2D eigenvalue weighted by atomic mass is 16.7. The number of Topliss-reactive ketones (excluding diaryl/α,β-unsaturated/α-hetero) is 1. The highest BCUT2D eigenvalue weighted by Gasteiger charge is 2.31. The molecule has 0 fully saturated rings. The predicted molar refractivity (Wildman–Crippen MR) is 95.0 cm³/mol. The van der Waals surface area contributed by atoms with Crippen molar-refractivity contribution >= 4 is 17.8 Å². The van der Waals surface area contributed by atoms with Gasteiger partial charge in [-0.3, -0.25) is 14.5 Å². The molecular formula is C20H23NO5. The summed E-state index contributed by atoms with van der Waals surface area (Å²) in [4.78, 5) is 36.6. The molecule has 0 heterocycles. The average Bonchev–Trinajstić information content (AvgIpc) is 3.07. The lowest BCUT2D eigenvalue weighted by atomic mass is 10.1. The van der Waals surface area contributed by atoms with E-state index in [1.165, 1.54) is 10.5 Å². The SMILES string of the molecule is C#CCN(C(=O)OCOC(=O)CCC(=O)CC)[C@@H]1CCc2ccccc21.